The molecule has 0 fully saturated rings. The van der Waals surface area contributed by atoms with Crippen LogP contribution in [0, 0.1) is 0 Å². The van der Waals surface area contributed by atoms with Gasteiger partial charge in [0.15, 0.2) is 0 Å². The van der Waals surface area contributed by atoms with Crippen LogP contribution in [0.25, 0.3) is 0 Å². The molecule has 1 amide bonds. The average Bonchev–Trinajstić information content (AvgIpc) is 3.21. The van der Waals surface area contributed by atoms with Gasteiger partial charge in [0, 0.05) is 11.4 Å². The number of aromatic nitrogens is 3. The summed E-state index contributed by atoms with van der Waals surface area (Å²) < 4.78 is 12.1. The van der Waals surface area contributed by atoms with E-state index in [4.69, 9.17) is 9.47 Å². The van der Waals surface area contributed by atoms with Crippen molar-refractivity contribution in [3.05, 3.63) is 71.7 Å². The molecule has 2 heterocycles. The van der Waals surface area contributed by atoms with Gasteiger partial charge in [-0.15, -0.1) is 0 Å². The van der Waals surface area contributed by atoms with Gasteiger partial charge in [-0.05, 0) is 48.9 Å². The zero-order valence-corrected chi connectivity index (χ0v) is 16.3. The number of ether oxygens (including phenoxy) is 2. The molecule has 1 aliphatic rings. The van der Waals surface area contributed by atoms with E-state index in [1.807, 2.05) is 31.2 Å². The fraction of sp³-hybridized carbons (Fsp3) is 0.190. The van der Waals surface area contributed by atoms with E-state index in [0.717, 1.165) is 22.8 Å². The summed E-state index contributed by atoms with van der Waals surface area (Å²) in [6.07, 6.45) is 1.47. The maximum absolute atomic E-state index is 13.2. The number of carbonyl (C=O) groups excluding carboxylic acids is 1. The lowest BCUT2D eigenvalue weighted by Gasteiger charge is -2.28. The molecule has 0 unspecified atom stereocenters. The minimum absolute atomic E-state index is 0.220. The number of nitrogens with zero attached hydrogens (tertiary/aromatic N) is 3. The molecule has 2 N–H and O–H groups in total. The first kappa shape index (κ1) is 18.5. The van der Waals surface area contributed by atoms with Crippen LogP contribution in [-0.4, -0.2) is 34.9 Å². The van der Waals surface area contributed by atoms with E-state index in [1.54, 1.807) is 43.2 Å². The van der Waals surface area contributed by atoms with Crippen molar-refractivity contribution < 1.29 is 14.3 Å². The van der Waals surface area contributed by atoms with Gasteiger partial charge in [-0.2, -0.15) is 10.1 Å². The summed E-state index contributed by atoms with van der Waals surface area (Å²) in [6.45, 7) is 1.86. The molecule has 29 heavy (non-hydrogen) atoms. The highest BCUT2D eigenvalue weighted by molar-refractivity contribution is 6.06. The van der Waals surface area contributed by atoms with E-state index in [9.17, 15) is 4.79 Å². The third kappa shape index (κ3) is 3.52. The number of hydrogen-bond acceptors (Lipinski definition) is 6. The Morgan fingerprint density at radius 1 is 1.03 bits per heavy atom. The summed E-state index contributed by atoms with van der Waals surface area (Å²) in [7, 11) is 3.22. The topological polar surface area (TPSA) is 90.3 Å². The number of carbonyl (C=O) groups is 1. The molecule has 0 radical (unpaired) electrons. The van der Waals surface area contributed by atoms with Crippen LogP contribution in [0.2, 0.25) is 0 Å². The number of anilines is 2. The van der Waals surface area contributed by atoms with Crippen molar-refractivity contribution in [3.63, 3.8) is 0 Å². The quantitative estimate of drug-likeness (QED) is 0.694. The lowest BCUT2D eigenvalue weighted by atomic mass is 9.95. The number of allylic oxidation sites excluding steroid dienone is 1. The SMILES string of the molecule is COc1ccc(NC(=O)C2=C(C)Nc3ncnn3[C@H]2c2ccc(OC)cc2)cc1. The molecule has 2 aromatic carbocycles. The van der Waals surface area contributed by atoms with Crippen molar-refractivity contribution in [1.29, 1.82) is 0 Å². The van der Waals surface area contributed by atoms with Crippen molar-refractivity contribution >= 4 is 17.5 Å². The zero-order valence-electron chi connectivity index (χ0n) is 16.3. The van der Waals surface area contributed by atoms with Crippen LogP contribution in [0.3, 0.4) is 0 Å². The largest absolute Gasteiger partial charge is 0.497 e. The number of fused-ring (bicyclic) bond motifs is 1. The molecule has 0 aliphatic carbocycles. The lowest BCUT2D eigenvalue weighted by Crippen LogP contribution is -2.31. The normalized spacial score (nSPS) is 15.3. The molecule has 148 valence electrons. The third-order valence-electron chi connectivity index (χ3n) is 4.82. The predicted octanol–water partition coefficient (Wildman–Crippen LogP) is 3.22. The highest BCUT2D eigenvalue weighted by Gasteiger charge is 2.33. The van der Waals surface area contributed by atoms with Gasteiger partial charge < -0.3 is 20.1 Å². The van der Waals surface area contributed by atoms with E-state index < -0.39 is 6.04 Å². The Balaban J connectivity index is 1.70. The monoisotopic (exact) mass is 391 g/mol. The summed E-state index contributed by atoms with van der Waals surface area (Å²) in [4.78, 5) is 17.5. The maximum Gasteiger partial charge on any atom is 0.255 e. The minimum atomic E-state index is -0.419. The number of rotatable bonds is 5. The predicted molar refractivity (Wildman–Crippen MR) is 109 cm³/mol. The smallest absolute Gasteiger partial charge is 0.255 e. The van der Waals surface area contributed by atoms with Crippen LogP contribution < -0.4 is 20.1 Å². The fourth-order valence-electron chi connectivity index (χ4n) is 3.35. The van der Waals surface area contributed by atoms with Gasteiger partial charge in [0.25, 0.3) is 5.91 Å². The van der Waals surface area contributed by atoms with Crippen LogP contribution in [-0.2, 0) is 4.79 Å². The summed E-state index contributed by atoms with van der Waals surface area (Å²) in [5.41, 5.74) is 2.86. The summed E-state index contributed by atoms with van der Waals surface area (Å²) >= 11 is 0. The van der Waals surface area contributed by atoms with Crippen molar-refractivity contribution in [1.82, 2.24) is 14.8 Å². The van der Waals surface area contributed by atoms with Gasteiger partial charge in [-0.3, -0.25) is 4.79 Å². The Labute approximate surface area is 168 Å². The number of amides is 1. The maximum atomic E-state index is 13.2. The third-order valence-corrected chi connectivity index (χ3v) is 4.82. The Kier molecular flexibility index (Phi) is 4.90. The molecular formula is C21H21N5O3. The molecule has 8 heteroatoms. The van der Waals surface area contributed by atoms with Crippen LogP contribution in [0.5, 0.6) is 11.5 Å². The molecular weight excluding hydrogens is 370 g/mol. The lowest BCUT2D eigenvalue weighted by molar-refractivity contribution is -0.113. The highest BCUT2D eigenvalue weighted by atomic mass is 16.5. The first-order chi connectivity index (χ1) is 14.1. The Morgan fingerprint density at radius 3 is 2.28 bits per heavy atom. The van der Waals surface area contributed by atoms with E-state index in [2.05, 4.69) is 20.7 Å². The van der Waals surface area contributed by atoms with Gasteiger partial charge in [0.05, 0.1) is 19.8 Å². The molecule has 1 aromatic heterocycles. The first-order valence-electron chi connectivity index (χ1n) is 9.07. The van der Waals surface area contributed by atoms with Crippen molar-refractivity contribution in [3.8, 4) is 11.5 Å². The summed E-state index contributed by atoms with van der Waals surface area (Å²) in [5.74, 6) is 1.83. The standard InChI is InChI=1S/C21H21N5O3/c1-13-18(20(27)25-15-6-10-17(29-3)11-7-15)19(26-21(24-13)22-12-23-26)14-4-8-16(28-2)9-5-14/h4-12,19H,1-3H3,(H,25,27)(H,22,23,24)/t19-/m0/s1. The van der Waals surface area contributed by atoms with E-state index in [-0.39, 0.29) is 5.91 Å². The van der Waals surface area contributed by atoms with Crippen LogP contribution in [0.15, 0.2) is 66.1 Å². The highest BCUT2D eigenvalue weighted by Crippen LogP contribution is 2.35. The van der Waals surface area contributed by atoms with Crippen LogP contribution >= 0.6 is 0 Å². The zero-order chi connectivity index (χ0) is 20.4. The van der Waals surface area contributed by atoms with Gasteiger partial charge >= 0.3 is 0 Å². The number of nitrogens with one attached hydrogen (secondary N) is 2. The molecule has 0 saturated carbocycles. The van der Waals surface area contributed by atoms with E-state index in [1.165, 1.54) is 6.33 Å². The van der Waals surface area contributed by atoms with Crippen LogP contribution in [0.4, 0.5) is 11.6 Å². The second kappa shape index (κ2) is 7.67. The van der Waals surface area contributed by atoms with Crippen molar-refractivity contribution in [2.45, 2.75) is 13.0 Å². The number of hydrogen-bond donors (Lipinski definition) is 2. The molecule has 1 aliphatic heterocycles. The summed E-state index contributed by atoms with van der Waals surface area (Å²) in [5, 5.41) is 10.5. The molecule has 3 aromatic rings. The molecule has 0 spiro atoms. The first-order valence-corrected chi connectivity index (χ1v) is 9.07. The van der Waals surface area contributed by atoms with E-state index in [0.29, 0.717) is 17.2 Å². The number of methoxy groups -OCH3 is 2. The van der Waals surface area contributed by atoms with Crippen LogP contribution in [0.1, 0.15) is 18.5 Å². The van der Waals surface area contributed by atoms with Gasteiger partial charge in [0.2, 0.25) is 5.95 Å². The van der Waals surface area contributed by atoms with Crippen molar-refractivity contribution in [2.75, 3.05) is 24.9 Å². The second-order valence-electron chi connectivity index (χ2n) is 6.55. The Morgan fingerprint density at radius 2 is 1.66 bits per heavy atom. The Bertz CT molecular complexity index is 1050. The molecule has 0 saturated heterocycles. The molecule has 0 bridgehead atoms. The van der Waals surface area contributed by atoms with E-state index >= 15 is 0 Å². The fourth-order valence-corrected chi connectivity index (χ4v) is 3.35. The molecule has 1 atom stereocenters. The van der Waals surface area contributed by atoms with Gasteiger partial charge in [-0.25, -0.2) is 4.68 Å². The second-order valence-corrected chi connectivity index (χ2v) is 6.55. The van der Waals surface area contributed by atoms with Gasteiger partial charge in [0.1, 0.15) is 23.9 Å². The number of benzene rings is 2. The molecule has 4 rings (SSSR count). The summed E-state index contributed by atoms with van der Waals surface area (Å²) in [6, 6.07) is 14.3. The molecule has 8 nitrogen and oxygen atoms in total. The Hall–Kier alpha value is -3.81. The van der Waals surface area contributed by atoms with Crippen molar-refractivity contribution in [2.24, 2.45) is 0 Å². The van der Waals surface area contributed by atoms with Gasteiger partial charge in [-0.1, -0.05) is 12.1 Å². The average molecular weight is 391 g/mol. The minimum Gasteiger partial charge on any atom is -0.497 e.